The molecular formula is C17H21N5O2. The number of ether oxygens (including phenoxy) is 1. The van der Waals surface area contributed by atoms with Gasteiger partial charge in [-0.3, -0.25) is 14.8 Å². The standard InChI is InChI=1S/C17H21N5O2/c1-24-12-13-10-22(16-9-18-6-7-20-16)11-15(13)17(23)21-8-14-4-2-3-5-19-14/h2-7,9,13,15H,8,10-12H2,1H3,(H,21,23)/t13-,15+/m0/s1. The summed E-state index contributed by atoms with van der Waals surface area (Å²) >= 11 is 0. The zero-order valence-corrected chi connectivity index (χ0v) is 13.6. The first-order valence-electron chi connectivity index (χ1n) is 7.95. The highest BCUT2D eigenvalue weighted by atomic mass is 16.5. The minimum atomic E-state index is -0.143. The van der Waals surface area contributed by atoms with Crippen LogP contribution >= 0.6 is 0 Å². The summed E-state index contributed by atoms with van der Waals surface area (Å²) in [4.78, 5) is 27.4. The molecule has 0 radical (unpaired) electrons. The van der Waals surface area contributed by atoms with Crippen LogP contribution in [0.25, 0.3) is 0 Å². The lowest BCUT2D eigenvalue weighted by atomic mass is 9.96. The number of carbonyl (C=O) groups excluding carboxylic acids is 1. The Balaban J connectivity index is 1.64. The Morgan fingerprint density at radius 3 is 2.92 bits per heavy atom. The Labute approximate surface area is 141 Å². The van der Waals surface area contributed by atoms with Crippen LogP contribution in [0.2, 0.25) is 0 Å². The average Bonchev–Trinajstić information content (AvgIpc) is 3.06. The van der Waals surface area contributed by atoms with Crippen LogP contribution in [-0.2, 0) is 16.1 Å². The van der Waals surface area contributed by atoms with Gasteiger partial charge in [0, 0.05) is 44.7 Å². The number of nitrogens with one attached hydrogen (secondary N) is 1. The highest BCUT2D eigenvalue weighted by Gasteiger charge is 2.38. The van der Waals surface area contributed by atoms with E-state index in [1.807, 2.05) is 18.2 Å². The third-order valence-corrected chi connectivity index (χ3v) is 4.20. The lowest BCUT2D eigenvalue weighted by Gasteiger charge is -2.16. The van der Waals surface area contributed by atoms with E-state index in [0.717, 1.165) is 18.1 Å². The van der Waals surface area contributed by atoms with Crippen molar-refractivity contribution in [2.24, 2.45) is 11.8 Å². The van der Waals surface area contributed by atoms with Crippen LogP contribution in [0.4, 0.5) is 5.82 Å². The number of anilines is 1. The maximum absolute atomic E-state index is 12.6. The van der Waals surface area contributed by atoms with E-state index in [9.17, 15) is 4.79 Å². The molecule has 1 saturated heterocycles. The zero-order valence-electron chi connectivity index (χ0n) is 13.6. The molecule has 24 heavy (non-hydrogen) atoms. The lowest BCUT2D eigenvalue weighted by molar-refractivity contribution is -0.126. The second-order valence-corrected chi connectivity index (χ2v) is 5.83. The lowest BCUT2D eigenvalue weighted by Crippen LogP contribution is -2.36. The molecule has 0 saturated carbocycles. The third-order valence-electron chi connectivity index (χ3n) is 4.20. The maximum atomic E-state index is 12.6. The van der Waals surface area contributed by atoms with Crippen molar-refractivity contribution in [2.75, 3.05) is 31.7 Å². The molecule has 0 aliphatic carbocycles. The maximum Gasteiger partial charge on any atom is 0.225 e. The normalized spacial score (nSPS) is 20.1. The molecule has 3 rings (SSSR count). The molecule has 1 amide bonds. The topological polar surface area (TPSA) is 80.2 Å². The molecule has 1 N–H and O–H groups in total. The van der Waals surface area contributed by atoms with E-state index >= 15 is 0 Å². The zero-order chi connectivity index (χ0) is 16.8. The second kappa shape index (κ2) is 7.83. The van der Waals surface area contributed by atoms with E-state index in [0.29, 0.717) is 19.7 Å². The van der Waals surface area contributed by atoms with Crippen molar-refractivity contribution in [3.63, 3.8) is 0 Å². The van der Waals surface area contributed by atoms with Gasteiger partial charge in [0.25, 0.3) is 0 Å². The molecule has 0 bridgehead atoms. The summed E-state index contributed by atoms with van der Waals surface area (Å²) in [5.74, 6) is 0.795. The van der Waals surface area contributed by atoms with Crippen LogP contribution in [0.15, 0.2) is 43.0 Å². The molecule has 0 aromatic carbocycles. The Bertz CT molecular complexity index is 653. The first kappa shape index (κ1) is 16.3. The number of amides is 1. The van der Waals surface area contributed by atoms with Crippen molar-refractivity contribution in [1.82, 2.24) is 20.3 Å². The molecule has 7 nitrogen and oxygen atoms in total. The molecule has 126 valence electrons. The van der Waals surface area contributed by atoms with Crippen LogP contribution in [0, 0.1) is 11.8 Å². The van der Waals surface area contributed by atoms with E-state index in [1.54, 1.807) is 31.9 Å². The van der Waals surface area contributed by atoms with Gasteiger partial charge >= 0.3 is 0 Å². The minimum Gasteiger partial charge on any atom is -0.384 e. The smallest absolute Gasteiger partial charge is 0.225 e. The first-order chi connectivity index (χ1) is 11.8. The summed E-state index contributed by atoms with van der Waals surface area (Å²) in [6.07, 6.45) is 6.75. The van der Waals surface area contributed by atoms with Crippen molar-refractivity contribution in [1.29, 1.82) is 0 Å². The third kappa shape index (κ3) is 3.86. The van der Waals surface area contributed by atoms with Crippen LogP contribution in [0.1, 0.15) is 5.69 Å². The molecule has 1 aliphatic rings. The summed E-state index contributed by atoms with van der Waals surface area (Å²) in [6.45, 7) is 2.31. The Hall–Kier alpha value is -2.54. The van der Waals surface area contributed by atoms with Gasteiger partial charge in [0.1, 0.15) is 5.82 Å². The monoisotopic (exact) mass is 327 g/mol. The molecule has 0 unspecified atom stereocenters. The van der Waals surface area contributed by atoms with Gasteiger partial charge in [-0.15, -0.1) is 0 Å². The number of aromatic nitrogens is 3. The van der Waals surface area contributed by atoms with Crippen molar-refractivity contribution in [2.45, 2.75) is 6.54 Å². The molecule has 3 heterocycles. The molecule has 0 spiro atoms. The van der Waals surface area contributed by atoms with Crippen LogP contribution in [0.3, 0.4) is 0 Å². The highest BCUT2D eigenvalue weighted by molar-refractivity contribution is 5.80. The highest BCUT2D eigenvalue weighted by Crippen LogP contribution is 2.27. The van der Waals surface area contributed by atoms with E-state index in [1.165, 1.54) is 0 Å². The van der Waals surface area contributed by atoms with Crippen LogP contribution in [-0.4, -0.2) is 47.7 Å². The fourth-order valence-corrected chi connectivity index (χ4v) is 3.00. The van der Waals surface area contributed by atoms with Crippen LogP contribution in [0.5, 0.6) is 0 Å². The van der Waals surface area contributed by atoms with Gasteiger partial charge in [-0.2, -0.15) is 0 Å². The summed E-state index contributed by atoms with van der Waals surface area (Å²) in [7, 11) is 1.66. The summed E-state index contributed by atoms with van der Waals surface area (Å²) in [5, 5.41) is 2.98. The second-order valence-electron chi connectivity index (χ2n) is 5.83. The Kier molecular flexibility index (Phi) is 5.32. The molecule has 1 aliphatic heterocycles. The predicted molar refractivity (Wildman–Crippen MR) is 89.2 cm³/mol. The van der Waals surface area contributed by atoms with E-state index in [-0.39, 0.29) is 17.7 Å². The van der Waals surface area contributed by atoms with Crippen LogP contribution < -0.4 is 10.2 Å². The quantitative estimate of drug-likeness (QED) is 0.849. The van der Waals surface area contributed by atoms with Gasteiger partial charge < -0.3 is 15.0 Å². The van der Waals surface area contributed by atoms with Crippen molar-refractivity contribution in [3.05, 3.63) is 48.7 Å². The SMILES string of the molecule is COC[C@@H]1CN(c2cnccn2)C[C@H]1C(=O)NCc1ccccn1. The molecule has 2 aromatic rings. The van der Waals surface area contributed by atoms with E-state index in [2.05, 4.69) is 25.2 Å². The number of pyridine rings is 1. The number of methoxy groups -OCH3 is 1. The minimum absolute atomic E-state index is 0.0223. The number of hydrogen-bond donors (Lipinski definition) is 1. The van der Waals surface area contributed by atoms with Gasteiger partial charge in [-0.25, -0.2) is 4.98 Å². The summed E-state index contributed by atoms with van der Waals surface area (Å²) < 4.78 is 5.30. The van der Waals surface area contributed by atoms with E-state index < -0.39 is 0 Å². The van der Waals surface area contributed by atoms with Crippen molar-refractivity contribution in [3.8, 4) is 0 Å². The molecule has 7 heteroatoms. The largest absolute Gasteiger partial charge is 0.384 e. The van der Waals surface area contributed by atoms with E-state index in [4.69, 9.17) is 4.74 Å². The number of nitrogens with zero attached hydrogens (tertiary/aromatic N) is 4. The Morgan fingerprint density at radius 1 is 1.29 bits per heavy atom. The fraction of sp³-hybridized carbons (Fsp3) is 0.412. The average molecular weight is 327 g/mol. The van der Waals surface area contributed by atoms with Gasteiger partial charge in [0.05, 0.1) is 31.0 Å². The van der Waals surface area contributed by atoms with Gasteiger partial charge in [0.15, 0.2) is 0 Å². The molecule has 2 aromatic heterocycles. The van der Waals surface area contributed by atoms with Gasteiger partial charge in [-0.05, 0) is 12.1 Å². The van der Waals surface area contributed by atoms with Gasteiger partial charge in [-0.1, -0.05) is 6.07 Å². The summed E-state index contributed by atoms with van der Waals surface area (Å²) in [5.41, 5.74) is 0.845. The number of carbonyl (C=O) groups is 1. The Morgan fingerprint density at radius 2 is 2.21 bits per heavy atom. The van der Waals surface area contributed by atoms with Crippen molar-refractivity contribution >= 4 is 11.7 Å². The summed E-state index contributed by atoms with van der Waals surface area (Å²) in [6, 6.07) is 5.66. The molecular weight excluding hydrogens is 306 g/mol. The van der Waals surface area contributed by atoms with Gasteiger partial charge in [0.2, 0.25) is 5.91 Å². The van der Waals surface area contributed by atoms with Crippen molar-refractivity contribution < 1.29 is 9.53 Å². The number of rotatable bonds is 6. The number of hydrogen-bond acceptors (Lipinski definition) is 6. The fourth-order valence-electron chi connectivity index (χ4n) is 3.00. The molecule has 2 atom stereocenters. The predicted octanol–water partition coefficient (Wildman–Crippen LogP) is 0.887. The molecule has 1 fully saturated rings. The first-order valence-corrected chi connectivity index (χ1v) is 7.95.